The molecule has 1 unspecified atom stereocenters. The molecule has 0 aliphatic carbocycles. The van der Waals surface area contributed by atoms with E-state index in [9.17, 15) is 18.5 Å². The Morgan fingerprint density at radius 3 is 2.61 bits per heavy atom. The number of anilines is 1. The summed E-state index contributed by atoms with van der Waals surface area (Å²) in [5.74, 6) is 0. The van der Waals surface area contributed by atoms with Crippen molar-refractivity contribution in [3.05, 3.63) is 64.2 Å². The number of likely N-dealkylation sites (tertiary alicyclic amines) is 1. The Morgan fingerprint density at radius 1 is 1.18 bits per heavy atom. The van der Waals surface area contributed by atoms with Crippen LogP contribution in [-0.4, -0.2) is 37.4 Å². The standard InChI is InChI=1S/C19H24N4O4S/c20-28(26,27)19-11-16(10-18(12-19)23(24)25)21-13-17-8-4-5-9-22(17)14-15-6-2-1-3-7-15/h1-3,6-7,10-12,17,21H,4-5,8-9,13-14H2,(H2,20,26,27). The first kappa shape index (κ1) is 20.2. The van der Waals surface area contributed by atoms with Crippen molar-refractivity contribution in [2.75, 3.05) is 18.4 Å². The van der Waals surface area contributed by atoms with Gasteiger partial charge in [0.15, 0.2) is 0 Å². The lowest BCUT2D eigenvalue weighted by Crippen LogP contribution is -2.43. The quantitative estimate of drug-likeness (QED) is 0.541. The first-order valence-electron chi connectivity index (χ1n) is 9.17. The highest BCUT2D eigenvalue weighted by Crippen LogP contribution is 2.25. The molecule has 0 bridgehead atoms. The molecule has 28 heavy (non-hydrogen) atoms. The van der Waals surface area contributed by atoms with Crippen molar-refractivity contribution in [3.63, 3.8) is 0 Å². The minimum Gasteiger partial charge on any atom is -0.383 e. The first-order chi connectivity index (χ1) is 13.3. The number of piperidine rings is 1. The SMILES string of the molecule is NS(=O)(=O)c1cc(NCC2CCCCN2Cc2ccccc2)cc([N+](=O)[O-])c1. The summed E-state index contributed by atoms with van der Waals surface area (Å²) in [5, 5.41) is 19.5. The van der Waals surface area contributed by atoms with Crippen LogP contribution in [0.4, 0.5) is 11.4 Å². The van der Waals surface area contributed by atoms with Gasteiger partial charge in [0, 0.05) is 37.0 Å². The predicted octanol–water partition coefficient (Wildman–Crippen LogP) is 2.71. The van der Waals surface area contributed by atoms with E-state index in [0.29, 0.717) is 12.2 Å². The van der Waals surface area contributed by atoms with Gasteiger partial charge in [-0.2, -0.15) is 0 Å². The lowest BCUT2D eigenvalue weighted by atomic mass is 10.0. The maximum absolute atomic E-state index is 11.6. The van der Waals surface area contributed by atoms with Gasteiger partial charge in [-0.15, -0.1) is 0 Å². The highest BCUT2D eigenvalue weighted by molar-refractivity contribution is 7.89. The monoisotopic (exact) mass is 404 g/mol. The lowest BCUT2D eigenvalue weighted by molar-refractivity contribution is -0.385. The van der Waals surface area contributed by atoms with E-state index in [4.69, 9.17) is 5.14 Å². The first-order valence-corrected chi connectivity index (χ1v) is 10.7. The molecule has 1 fully saturated rings. The second-order valence-electron chi connectivity index (χ2n) is 7.00. The Kier molecular flexibility index (Phi) is 6.28. The number of non-ortho nitro benzene ring substituents is 1. The largest absolute Gasteiger partial charge is 0.383 e. The predicted molar refractivity (Wildman–Crippen MR) is 107 cm³/mol. The van der Waals surface area contributed by atoms with Crippen LogP contribution >= 0.6 is 0 Å². The van der Waals surface area contributed by atoms with E-state index in [1.807, 2.05) is 18.2 Å². The van der Waals surface area contributed by atoms with Gasteiger partial charge in [0.2, 0.25) is 10.0 Å². The van der Waals surface area contributed by atoms with Crippen LogP contribution in [-0.2, 0) is 16.6 Å². The van der Waals surface area contributed by atoms with Crippen molar-refractivity contribution in [1.82, 2.24) is 4.90 Å². The number of nitro groups is 1. The molecule has 3 rings (SSSR count). The summed E-state index contributed by atoms with van der Waals surface area (Å²) in [6.45, 7) is 2.39. The molecule has 8 nitrogen and oxygen atoms in total. The summed E-state index contributed by atoms with van der Waals surface area (Å²) in [4.78, 5) is 12.6. The van der Waals surface area contributed by atoms with Gasteiger partial charge in [0.25, 0.3) is 5.69 Å². The molecule has 9 heteroatoms. The van der Waals surface area contributed by atoms with Crippen LogP contribution in [0.3, 0.4) is 0 Å². The van der Waals surface area contributed by atoms with Crippen molar-refractivity contribution >= 4 is 21.4 Å². The fourth-order valence-electron chi connectivity index (χ4n) is 3.51. The number of sulfonamides is 1. The molecule has 0 spiro atoms. The van der Waals surface area contributed by atoms with Crippen molar-refractivity contribution in [3.8, 4) is 0 Å². The molecule has 1 saturated heterocycles. The summed E-state index contributed by atoms with van der Waals surface area (Å²) in [6.07, 6.45) is 3.27. The van der Waals surface area contributed by atoms with Crippen LogP contribution in [0.1, 0.15) is 24.8 Å². The van der Waals surface area contributed by atoms with Gasteiger partial charge in [0.1, 0.15) is 0 Å². The molecule has 3 N–H and O–H groups in total. The van der Waals surface area contributed by atoms with Crippen molar-refractivity contribution < 1.29 is 13.3 Å². The number of nitrogens with zero attached hydrogens (tertiary/aromatic N) is 2. The minimum atomic E-state index is -4.03. The molecule has 0 radical (unpaired) electrons. The second kappa shape index (κ2) is 8.68. The van der Waals surface area contributed by atoms with Crippen LogP contribution in [0.15, 0.2) is 53.4 Å². The van der Waals surface area contributed by atoms with Gasteiger partial charge in [-0.3, -0.25) is 15.0 Å². The van der Waals surface area contributed by atoms with Crippen LogP contribution < -0.4 is 10.5 Å². The summed E-state index contributed by atoms with van der Waals surface area (Å²) in [5.41, 5.74) is 1.31. The minimum absolute atomic E-state index is 0.256. The van der Waals surface area contributed by atoms with Crippen molar-refractivity contribution in [2.45, 2.75) is 36.7 Å². The maximum atomic E-state index is 11.6. The van der Waals surface area contributed by atoms with Gasteiger partial charge in [0.05, 0.1) is 9.82 Å². The van der Waals surface area contributed by atoms with Crippen LogP contribution in [0, 0.1) is 10.1 Å². The van der Waals surface area contributed by atoms with Crippen molar-refractivity contribution in [1.29, 1.82) is 0 Å². The highest BCUT2D eigenvalue weighted by Gasteiger charge is 2.23. The molecule has 2 aromatic carbocycles. The number of benzene rings is 2. The fourth-order valence-corrected chi connectivity index (χ4v) is 4.08. The third-order valence-electron chi connectivity index (χ3n) is 4.95. The number of hydrogen-bond donors (Lipinski definition) is 2. The van der Waals surface area contributed by atoms with E-state index in [2.05, 4.69) is 22.3 Å². The highest BCUT2D eigenvalue weighted by atomic mass is 32.2. The Bertz CT molecular complexity index is 934. The normalized spacial score (nSPS) is 18.0. The molecule has 1 atom stereocenters. The molecule has 2 aromatic rings. The molecule has 1 aliphatic heterocycles. The van der Waals surface area contributed by atoms with Crippen molar-refractivity contribution in [2.24, 2.45) is 5.14 Å². The number of nitrogens with two attached hydrogens (primary N) is 1. The average Bonchev–Trinajstić information content (AvgIpc) is 2.67. The fraction of sp³-hybridized carbons (Fsp3) is 0.368. The second-order valence-corrected chi connectivity index (χ2v) is 8.57. The molecule has 0 aromatic heterocycles. The Morgan fingerprint density at radius 2 is 1.93 bits per heavy atom. The van der Waals surface area contributed by atoms with Gasteiger partial charge < -0.3 is 5.32 Å². The molecule has 1 heterocycles. The van der Waals surface area contributed by atoms with Crippen LogP contribution in [0.25, 0.3) is 0 Å². The van der Waals surface area contributed by atoms with Gasteiger partial charge >= 0.3 is 0 Å². The smallest absolute Gasteiger partial charge is 0.272 e. The van der Waals surface area contributed by atoms with E-state index in [-0.39, 0.29) is 16.6 Å². The van der Waals surface area contributed by atoms with E-state index >= 15 is 0 Å². The van der Waals surface area contributed by atoms with Gasteiger partial charge in [-0.05, 0) is 31.0 Å². The summed E-state index contributed by atoms with van der Waals surface area (Å²) in [6, 6.07) is 14.1. The molecular formula is C19H24N4O4S. The molecular weight excluding hydrogens is 380 g/mol. The zero-order valence-electron chi connectivity index (χ0n) is 15.5. The third-order valence-corrected chi connectivity index (χ3v) is 5.84. The van der Waals surface area contributed by atoms with Gasteiger partial charge in [-0.25, -0.2) is 13.6 Å². The summed E-state index contributed by atoms with van der Waals surface area (Å²) < 4.78 is 23.3. The number of nitrogens with one attached hydrogen (secondary N) is 1. The number of rotatable bonds is 7. The molecule has 0 amide bonds. The van der Waals surface area contributed by atoms with E-state index in [1.165, 1.54) is 17.7 Å². The van der Waals surface area contributed by atoms with E-state index in [0.717, 1.165) is 38.4 Å². The van der Waals surface area contributed by atoms with Crippen LogP contribution in [0.5, 0.6) is 0 Å². The zero-order valence-corrected chi connectivity index (χ0v) is 16.3. The van der Waals surface area contributed by atoms with Gasteiger partial charge in [-0.1, -0.05) is 36.8 Å². The summed E-state index contributed by atoms with van der Waals surface area (Å²) in [7, 11) is -4.03. The topological polar surface area (TPSA) is 119 Å². The molecule has 150 valence electrons. The van der Waals surface area contributed by atoms with Crippen LogP contribution in [0.2, 0.25) is 0 Å². The Hall–Kier alpha value is -2.49. The summed E-state index contributed by atoms with van der Waals surface area (Å²) >= 11 is 0. The molecule has 0 saturated carbocycles. The number of hydrogen-bond acceptors (Lipinski definition) is 6. The average molecular weight is 404 g/mol. The maximum Gasteiger partial charge on any atom is 0.272 e. The lowest BCUT2D eigenvalue weighted by Gasteiger charge is -2.36. The van der Waals surface area contributed by atoms with E-state index < -0.39 is 14.9 Å². The molecule has 1 aliphatic rings. The zero-order chi connectivity index (χ0) is 20.1. The van der Waals surface area contributed by atoms with E-state index in [1.54, 1.807) is 0 Å². The number of nitro benzene ring substituents is 1. The third kappa shape index (κ3) is 5.28. The Balaban J connectivity index is 1.74. The number of primary sulfonamides is 1. The Labute approximate surface area is 164 Å².